The Hall–Kier alpha value is -2.96. The van der Waals surface area contributed by atoms with Crippen molar-refractivity contribution in [2.75, 3.05) is 26.1 Å². The van der Waals surface area contributed by atoms with Crippen molar-refractivity contribution in [3.8, 4) is 11.5 Å². The van der Waals surface area contributed by atoms with Gasteiger partial charge in [0.05, 0.1) is 24.8 Å². The molecule has 1 heterocycles. The van der Waals surface area contributed by atoms with Crippen LogP contribution < -0.4 is 14.8 Å². The van der Waals surface area contributed by atoms with Crippen molar-refractivity contribution in [2.45, 2.75) is 0 Å². The molecule has 2 aromatic carbocycles. The molecule has 2 aromatic rings. The van der Waals surface area contributed by atoms with Crippen LogP contribution in [-0.4, -0.2) is 37.5 Å². The van der Waals surface area contributed by atoms with Gasteiger partial charge in [-0.15, -0.1) is 6.58 Å². The molecule has 0 saturated carbocycles. The molecule has 0 atom stereocenters. The maximum Gasteiger partial charge on any atom is 0.278 e. The molecule has 0 spiro atoms. The SMILES string of the molecule is C=CCN1C(=O)C(Nc2ccc(OC)c(OC)c2)=C(c2ccc(Cl)cc2Cl)C1=O. The number of rotatable bonds is 7. The van der Waals surface area contributed by atoms with E-state index in [9.17, 15) is 9.59 Å². The molecule has 0 aromatic heterocycles. The zero-order chi connectivity index (χ0) is 21.1. The Morgan fingerprint density at radius 1 is 1.03 bits per heavy atom. The summed E-state index contributed by atoms with van der Waals surface area (Å²) < 4.78 is 10.5. The molecule has 3 rings (SSSR count). The van der Waals surface area contributed by atoms with Gasteiger partial charge in [0, 0.05) is 28.9 Å². The molecular weight excluding hydrogens is 415 g/mol. The fourth-order valence-corrected chi connectivity index (χ4v) is 3.49. The maximum atomic E-state index is 13.0. The Morgan fingerprint density at radius 3 is 2.38 bits per heavy atom. The molecule has 2 amide bonds. The molecule has 8 heteroatoms. The predicted molar refractivity (Wildman–Crippen MR) is 113 cm³/mol. The van der Waals surface area contributed by atoms with Gasteiger partial charge in [-0.1, -0.05) is 35.3 Å². The molecule has 6 nitrogen and oxygen atoms in total. The number of carbonyl (C=O) groups is 2. The van der Waals surface area contributed by atoms with Crippen LogP contribution in [0.2, 0.25) is 10.0 Å². The zero-order valence-electron chi connectivity index (χ0n) is 15.8. The first kappa shape index (κ1) is 20.8. The van der Waals surface area contributed by atoms with Crippen LogP contribution in [-0.2, 0) is 9.59 Å². The van der Waals surface area contributed by atoms with Crippen LogP contribution >= 0.6 is 23.2 Å². The first-order valence-corrected chi connectivity index (χ1v) is 9.32. The molecule has 0 fully saturated rings. The third-order valence-electron chi connectivity index (χ3n) is 4.33. The van der Waals surface area contributed by atoms with Crippen molar-refractivity contribution >= 4 is 46.3 Å². The van der Waals surface area contributed by atoms with E-state index in [1.54, 1.807) is 30.3 Å². The van der Waals surface area contributed by atoms with E-state index in [0.717, 1.165) is 4.90 Å². The molecule has 0 bridgehead atoms. The van der Waals surface area contributed by atoms with Crippen molar-refractivity contribution in [2.24, 2.45) is 0 Å². The monoisotopic (exact) mass is 432 g/mol. The fourth-order valence-electron chi connectivity index (χ4n) is 2.99. The first-order valence-electron chi connectivity index (χ1n) is 8.57. The number of hydrogen-bond acceptors (Lipinski definition) is 5. The Balaban J connectivity index is 2.12. The lowest BCUT2D eigenvalue weighted by atomic mass is 10.0. The number of imide groups is 1. The van der Waals surface area contributed by atoms with Crippen molar-refractivity contribution < 1.29 is 19.1 Å². The molecule has 0 saturated heterocycles. The summed E-state index contributed by atoms with van der Waals surface area (Å²) in [6.07, 6.45) is 1.48. The lowest BCUT2D eigenvalue weighted by molar-refractivity contribution is -0.136. The van der Waals surface area contributed by atoms with Crippen LogP contribution in [0.15, 0.2) is 54.8 Å². The second-order valence-corrected chi connectivity index (χ2v) is 6.92. The van der Waals surface area contributed by atoms with Gasteiger partial charge in [0.2, 0.25) is 0 Å². The minimum absolute atomic E-state index is 0.0729. The topological polar surface area (TPSA) is 67.9 Å². The van der Waals surface area contributed by atoms with E-state index in [0.29, 0.717) is 27.8 Å². The fraction of sp³-hybridized carbons (Fsp3) is 0.143. The van der Waals surface area contributed by atoms with Gasteiger partial charge in [-0.3, -0.25) is 14.5 Å². The summed E-state index contributed by atoms with van der Waals surface area (Å²) in [7, 11) is 3.04. The summed E-state index contributed by atoms with van der Waals surface area (Å²) in [6, 6.07) is 9.81. The Morgan fingerprint density at radius 2 is 1.76 bits per heavy atom. The van der Waals surface area contributed by atoms with E-state index in [2.05, 4.69) is 11.9 Å². The summed E-state index contributed by atoms with van der Waals surface area (Å²) in [5, 5.41) is 3.72. The van der Waals surface area contributed by atoms with E-state index in [1.165, 1.54) is 26.4 Å². The van der Waals surface area contributed by atoms with Crippen LogP contribution in [0.4, 0.5) is 5.69 Å². The zero-order valence-corrected chi connectivity index (χ0v) is 17.3. The molecular formula is C21H18Cl2N2O4. The number of anilines is 1. The molecule has 29 heavy (non-hydrogen) atoms. The minimum atomic E-state index is -0.481. The summed E-state index contributed by atoms with van der Waals surface area (Å²) in [4.78, 5) is 27.0. The van der Waals surface area contributed by atoms with Gasteiger partial charge in [-0.2, -0.15) is 0 Å². The normalized spacial score (nSPS) is 13.7. The maximum absolute atomic E-state index is 13.0. The minimum Gasteiger partial charge on any atom is -0.493 e. The second kappa shape index (κ2) is 8.59. The van der Waals surface area contributed by atoms with Crippen molar-refractivity contribution in [3.05, 3.63) is 70.4 Å². The lowest BCUT2D eigenvalue weighted by Gasteiger charge is -2.13. The third kappa shape index (κ3) is 3.95. The van der Waals surface area contributed by atoms with Gasteiger partial charge in [0.15, 0.2) is 11.5 Å². The largest absolute Gasteiger partial charge is 0.493 e. The Labute approximate surface area is 178 Å². The smallest absolute Gasteiger partial charge is 0.278 e. The number of halogens is 2. The van der Waals surface area contributed by atoms with E-state index in [1.807, 2.05) is 0 Å². The number of methoxy groups -OCH3 is 2. The summed E-state index contributed by atoms with van der Waals surface area (Å²) in [5.74, 6) is 0.0619. The Kier molecular flexibility index (Phi) is 6.15. The second-order valence-electron chi connectivity index (χ2n) is 6.08. The van der Waals surface area contributed by atoms with Gasteiger partial charge < -0.3 is 14.8 Å². The average molecular weight is 433 g/mol. The number of carbonyl (C=O) groups excluding carboxylic acids is 2. The van der Waals surface area contributed by atoms with Gasteiger partial charge >= 0.3 is 0 Å². The molecule has 0 radical (unpaired) electrons. The van der Waals surface area contributed by atoms with Gasteiger partial charge in [-0.05, 0) is 24.3 Å². The van der Waals surface area contributed by atoms with Crippen LogP contribution in [0, 0.1) is 0 Å². The Bertz CT molecular complexity index is 1030. The molecule has 0 aliphatic carbocycles. The van der Waals surface area contributed by atoms with Crippen LogP contribution in [0.3, 0.4) is 0 Å². The molecule has 0 unspecified atom stereocenters. The molecule has 1 aliphatic heterocycles. The number of nitrogens with zero attached hydrogens (tertiary/aromatic N) is 1. The number of nitrogens with one attached hydrogen (secondary N) is 1. The number of amides is 2. The van der Waals surface area contributed by atoms with E-state index >= 15 is 0 Å². The molecule has 150 valence electrons. The van der Waals surface area contributed by atoms with Crippen LogP contribution in [0.25, 0.3) is 5.57 Å². The van der Waals surface area contributed by atoms with E-state index < -0.39 is 11.8 Å². The predicted octanol–water partition coefficient (Wildman–Crippen LogP) is 4.39. The highest BCUT2D eigenvalue weighted by Crippen LogP contribution is 2.36. The summed E-state index contributed by atoms with van der Waals surface area (Å²) in [6.45, 7) is 3.68. The van der Waals surface area contributed by atoms with E-state index in [4.69, 9.17) is 32.7 Å². The highest BCUT2D eigenvalue weighted by molar-refractivity contribution is 6.41. The molecule has 1 aliphatic rings. The average Bonchev–Trinajstić information content (AvgIpc) is 2.93. The van der Waals surface area contributed by atoms with Gasteiger partial charge in [-0.25, -0.2) is 0 Å². The molecule has 1 N–H and O–H groups in total. The highest BCUT2D eigenvalue weighted by Gasteiger charge is 2.39. The van der Waals surface area contributed by atoms with Crippen molar-refractivity contribution in [1.82, 2.24) is 4.90 Å². The first-order chi connectivity index (χ1) is 13.9. The van der Waals surface area contributed by atoms with Crippen molar-refractivity contribution in [1.29, 1.82) is 0 Å². The van der Waals surface area contributed by atoms with Gasteiger partial charge in [0.1, 0.15) is 5.70 Å². The number of ether oxygens (including phenoxy) is 2. The summed E-state index contributed by atoms with van der Waals surface area (Å²) >= 11 is 12.3. The number of benzene rings is 2. The lowest BCUT2D eigenvalue weighted by Crippen LogP contribution is -2.32. The number of hydrogen-bond donors (Lipinski definition) is 1. The quantitative estimate of drug-likeness (QED) is 0.518. The van der Waals surface area contributed by atoms with E-state index in [-0.39, 0.29) is 22.8 Å². The summed E-state index contributed by atoms with van der Waals surface area (Å²) in [5.41, 5.74) is 1.22. The van der Waals surface area contributed by atoms with Crippen LogP contribution in [0.5, 0.6) is 11.5 Å². The van der Waals surface area contributed by atoms with Crippen LogP contribution in [0.1, 0.15) is 5.56 Å². The van der Waals surface area contributed by atoms with Crippen molar-refractivity contribution in [3.63, 3.8) is 0 Å². The standard InChI is InChI=1S/C21H18Cl2N2O4/c1-4-9-25-20(26)18(14-7-5-12(22)10-15(14)23)19(21(25)27)24-13-6-8-16(28-2)17(11-13)29-3/h4-8,10-11,24H,1,9H2,2-3H3. The highest BCUT2D eigenvalue weighted by atomic mass is 35.5. The van der Waals surface area contributed by atoms with Gasteiger partial charge in [0.25, 0.3) is 11.8 Å². The third-order valence-corrected chi connectivity index (χ3v) is 4.88.